The number of nitrogens with two attached hydrogens (primary N) is 1. The van der Waals surface area contributed by atoms with Crippen LogP contribution < -0.4 is 15.4 Å². The van der Waals surface area contributed by atoms with Crippen molar-refractivity contribution in [1.29, 1.82) is 0 Å². The summed E-state index contributed by atoms with van der Waals surface area (Å²) in [4.78, 5) is 13.8. The van der Waals surface area contributed by atoms with E-state index in [1.165, 1.54) is 0 Å². The Morgan fingerprint density at radius 2 is 2.33 bits per heavy atom. The van der Waals surface area contributed by atoms with E-state index in [2.05, 4.69) is 0 Å². The first-order chi connectivity index (χ1) is 8.65. The largest absolute Gasteiger partial charge is 0.495 e. The van der Waals surface area contributed by atoms with E-state index in [1.807, 2.05) is 25.1 Å². The summed E-state index contributed by atoms with van der Waals surface area (Å²) in [6, 6.07) is 5.86. The van der Waals surface area contributed by atoms with Crippen LogP contribution in [0.25, 0.3) is 0 Å². The number of thioether (sulfide) groups is 1. The minimum Gasteiger partial charge on any atom is -0.495 e. The zero-order chi connectivity index (χ0) is 13.1. The van der Waals surface area contributed by atoms with Crippen LogP contribution in [0.15, 0.2) is 18.2 Å². The summed E-state index contributed by atoms with van der Waals surface area (Å²) in [6.45, 7) is 3.24. The maximum Gasteiger partial charge on any atom is 0.237 e. The lowest BCUT2D eigenvalue weighted by Gasteiger charge is -2.32. The van der Waals surface area contributed by atoms with Gasteiger partial charge in [0.05, 0.1) is 18.6 Å². The maximum absolute atomic E-state index is 12.0. The first-order valence-corrected chi connectivity index (χ1v) is 6.97. The molecular formula is C13H18N2O2S. The van der Waals surface area contributed by atoms with E-state index in [-0.39, 0.29) is 5.91 Å². The zero-order valence-electron chi connectivity index (χ0n) is 10.7. The third kappa shape index (κ3) is 2.62. The van der Waals surface area contributed by atoms with E-state index in [0.29, 0.717) is 24.1 Å². The molecule has 1 fully saturated rings. The lowest BCUT2D eigenvalue weighted by atomic mass is 10.1. The predicted molar refractivity (Wildman–Crippen MR) is 75.4 cm³/mol. The number of benzene rings is 1. The third-order valence-corrected chi connectivity index (χ3v) is 4.24. The molecule has 0 aromatic heterocycles. The average molecular weight is 266 g/mol. The average Bonchev–Trinajstić information content (AvgIpc) is 2.39. The molecule has 18 heavy (non-hydrogen) atoms. The quantitative estimate of drug-likeness (QED) is 0.899. The van der Waals surface area contributed by atoms with Crippen LogP contribution in [0.1, 0.15) is 5.56 Å². The van der Waals surface area contributed by atoms with Crippen molar-refractivity contribution in [2.75, 3.05) is 30.9 Å². The van der Waals surface area contributed by atoms with E-state index in [0.717, 1.165) is 17.0 Å². The van der Waals surface area contributed by atoms with Gasteiger partial charge in [0.2, 0.25) is 5.91 Å². The van der Waals surface area contributed by atoms with Gasteiger partial charge in [0.15, 0.2) is 0 Å². The van der Waals surface area contributed by atoms with Crippen molar-refractivity contribution >= 4 is 23.4 Å². The van der Waals surface area contributed by atoms with Gasteiger partial charge < -0.3 is 15.4 Å². The molecule has 1 aliphatic rings. The fraction of sp³-hybridized carbons (Fsp3) is 0.462. The lowest BCUT2D eigenvalue weighted by Crippen LogP contribution is -2.45. The SMILES string of the molecule is COc1ccc(C)cc1N1CC(CN)SCC1=O. The van der Waals surface area contributed by atoms with Gasteiger partial charge in [0.1, 0.15) is 5.75 Å². The Balaban J connectivity index is 2.33. The van der Waals surface area contributed by atoms with Crippen molar-refractivity contribution < 1.29 is 9.53 Å². The van der Waals surface area contributed by atoms with E-state index in [1.54, 1.807) is 23.8 Å². The van der Waals surface area contributed by atoms with Crippen LogP contribution in [-0.4, -0.2) is 37.1 Å². The highest BCUT2D eigenvalue weighted by atomic mass is 32.2. The number of ether oxygens (including phenoxy) is 1. The summed E-state index contributed by atoms with van der Waals surface area (Å²) < 4.78 is 5.34. The molecule has 1 saturated heterocycles. The van der Waals surface area contributed by atoms with E-state index in [4.69, 9.17) is 10.5 Å². The zero-order valence-corrected chi connectivity index (χ0v) is 11.5. The number of carbonyl (C=O) groups is 1. The first kappa shape index (κ1) is 13.2. The summed E-state index contributed by atoms with van der Waals surface area (Å²) >= 11 is 1.63. The Morgan fingerprint density at radius 1 is 1.56 bits per heavy atom. The summed E-state index contributed by atoms with van der Waals surface area (Å²) in [5.41, 5.74) is 7.66. The number of hydrogen-bond donors (Lipinski definition) is 1. The van der Waals surface area contributed by atoms with Crippen molar-refractivity contribution in [3.8, 4) is 5.75 Å². The van der Waals surface area contributed by atoms with Gasteiger partial charge in [-0.2, -0.15) is 0 Å². The molecule has 1 unspecified atom stereocenters. The molecule has 0 saturated carbocycles. The Bertz CT molecular complexity index is 451. The van der Waals surface area contributed by atoms with Crippen molar-refractivity contribution in [1.82, 2.24) is 0 Å². The first-order valence-electron chi connectivity index (χ1n) is 5.92. The molecule has 0 spiro atoms. The highest BCUT2D eigenvalue weighted by molar-refractivity contribution is 8.00. The Labute approximate surface area is 111 Å². The molecule has 0 radical (unpaired) electrons. The number of amides is 1. The number of hydrogen-bond acceptors (Lipinski definition) is 4. The monoisotopic (exact) mass is 266 g/mol. The molecule has 2 N–H and O–H groups in total. The highest BCUT2D eigenvalue weighted by Crippen LogP contribution is 2.32. The topological polar surface area (TPSA) is 55.6 Å². The van der Waals surface area contributed by atoms with Crippen LogP contribution in [0.4, 0.5) is 5.69 Å². The van der Waals surface area contributed by atoms with Gasteiger partial charge in [-0.15, -0.1) is 11.8 Å². The summed E-state index contributed by atoms with van der Waals surface area (Å²) in [6.07, 6.45) is 0. The molecule has 4 nitrogen and oxygen atoms in total. The van der Waals surface area contributed by atoms with Crippen molar-refractivity contribution in [2.24, 2.45) is 5.73 Å². The van der Waals surface area contributed by atoms with Gasteiger partial charge in [-0.05, 0) is 24.6 Å². The van der Waals surface area contributed by atoms with Gasteiger partial charge in [-0.1, -0.05) is 6.07 Å². The van der Waals surface area contributed by atoms with Crippen LogP contribution in [0.2, 0.25) is 0 Å². The lowest BCUT2D eigenvalue weighted by molar-refractivity contribution is -0.116. The van der Waals surface area contributed by atoms with Gasteiger partial charge >= 0.3 is 0 Å². The van der Waals surface area contributed by atoms with Crippen LogP contribution in [0.3, 0.4) is 0 Å². The van der Waals surface area contributed by atoms with Gasteiger partial charge in [-0.3, -0.25) is 4.79 Å². The smallest absolute Gasteiger partial charge is 0.237 e. The summed E-state index contributed by atoms with van der Waals surface area (Å²) in [5.74, 6) is 1.34. The third-order valence-electron chi connectivity index (χ3n) is 3.02. The van der Waals surface area contributed by atoms with Crippen LogP contribution >= 0.6 is 11.8 Å². The molecule has 1 amide bonds. The molecule has 1 aliphatic heterocycles. The molecule has 1 aromatic rings. The molecule has 98 valence electrons. The minimum atomic E-state index is 0.119. The van der Waals surface area contributed by atoms with Crippen molar-refractivity contribution in [3.63, 3.8) is 0 Å². The predicted octanol–water partition coefficient (Wildman–Crippen LogP) is 1.41. The summed E-state index contributed by atoms with van der Waals surface area (Å²) in [7, 11) is 1.62. The Hall–Kier alpha value is -1.20. The maximum atomic E-state index is 12.0. The number of methoxy groups -OCH3 is 1. The molecule has 1 aromatic carbocycles. The molecule has 1 heterocycles. The minimum absolute atomic E-state index is 0.119. The van der Waals surface area contributed by atoms with Crippen molar-refractivity contribution in [2.45, 2.75) is 12.2 Å². The number of rotatable bonds is 3. The fourth-order valence-electron chi connectivity index (χ4n) is 2.01. The highest BCUT2D eigenvalue weighted by Gasteiger charge is 2.28. The molecule has 5 heteroatoms. The standard InChI is InChI=1S/C13H18N2O2S/c1-9-3-4-12(17-2)11(5-9)15-7-10(6-14)18-8-13(15)16/h3-5,10H,6-8,14H2,1-2H3. The molecule has 0 bridgehead atoms. The molecule has 1 atom stereocenters. The molecular weight excluding hydrogens is 248 g/mol. The van der Waals surface area contributed by atoms with Crippen LogP contribution in [0.5, 0.6) is 5.75 Å². The molecule has 0 aliphatic carbocycles. The van der Waals surface area contributed by atoms with Gasteiger partial charge in [0.25, 0.3) is 0 Å². The normalized spacial score (nSPS) is 20.1. The van der Waals surface area contributed by atoms with E-state index < -0.39 is 0 Å². The van der Waals surface area contributed by atoms with Gasteiger partial charge in [0, 0.05) is 18.3 Å². The second kappa shape index (κ2) is 5.63. The van der Waals surface area contributed by atoms with Crippen molar-refractivity contribution in [3.05, 3.63) is 23.8 Å². The Kier molecular flexibility index (Phi) is 4.14. The number of carbonyl (C=O) groups excluding carboxylic acids is 1. The van der Waals surface area contributed by atoms with E-state index in [9.17, 15) is 4.79 Å². The van der Waals surface area contributed by atoms with Crippen LogP contribution in [-0.2, 0) is 4.79 Å². The van der Waals surface area contributed by atoms with E-state index >= 15 is 0 Å². The van der Waals surface area contributed by atoms with Crippen LogP contribution in [0, 0.1) is 6.92 Å². The fourth-order valence-corrected chi connectivity index (χ4v) is 2.94. The number of anilines is 1. The summed E-state index contributed by atoms with van der Waals surface area (Å²) in [5, 5.41) is 0.299. The molecule has 2 rings (SSSR count). The Morgan fingerprint density at radius 3 is 3.00 bits per heavy atom. The second-order valence-corrected chi connectivity index (χ2v) is 5.64. The number of aryl methyl sites for hydroxylation is 1. The second-order valence-electron chi connectivity index (χ2n) is 4.35. The number of nitrogens with zero attached hydrogens (tertiary/aromatic N) is 1. The van der Waals surface area contributed by atoms with Gasteiger partial charge in [-0.25, -0.2) is 0 Å².